The van der Waals surface area contributed by atoms with Crippen LogP contribution in [-0.4, -0.2) is 71.4 Å². The van der Waals surface area contributed by atoms with Gasteiger partial charge in [-0.2, -0.15) is 0 Å². The average molecular weight is 371 g/mol. The summed E-state index contributed by atoms with van der Waals surface area (Å²) >= 11 is 0. The summed E-state index contributed by atoms with van der Waals surface area (Å²) in [5.41, 5.74) is 0.950. The van der Waals surface area contributed by atoms with E-state index >= 15 is 0 Å². The van der Waals surface area contributed by atoms with Gasteiger partial charge in [-0.3, -0.25) is 9.59 Å². The van der Waals surface area contributed by atoms with Crippen molar-refractivity contribution in [2.24, 2.45) is 5.92 Å². The molecule has 3 amide bonds. The van der Waals surface area contributed by atoms with Gasteiger partial charge in [0.25, 0.3) is 0 Å². The monoisotopic (exact) mass is 371 g/mol. The van der Waals surface area contributed by atoms with Crippen LogP contribution in [0.2, 0.25) is 0 Å². The second-order valence-corrected chi connectivity index (χ2v) is 7.53. The van der Waals surface area contributed by atoms with Gasteiger partial charge < -0.3 is 19.4 Å². The van der Waals surface area contributed by atoms with E-state index in [1.165, 1.54) is 0 Å². The summed E-state index contributed by atoms with van der Waals surface area (Å²) in [7, 11) is 0. The Morgan fingerprint density at radius 3 is 2.33 bits per heavy atom. The first-order valence-electron chi connectivity index (χ1n) is 9.65. The lowest BCUT2D eigenvalue weighted by atomic mass is 10.1. The number of carbonyl (C=O) groups is 3. The van der Waals surface area contributed by atoms with Crippen LogP contribution >= 0.6 is 0 Å². The normalized spacial score (nSPS) is 22.9. The Morgan fingerprint density at radius 2 is 1.67 bits per heavy atom. The predicted octanol–water partition coefficient (Wildman–Crippen LogP) is 1.48. The van der Waals surface area contributed by atoms with E-state index in [0.717, 1.165) is 18.4 Å². The second-order valence-electron chi connectivity index (χ2n) is 7.53. The maximum absolute atomic E-state index is 12.7. The molecule has 1 atom stereocenters. The van der Waals surface area contributed by atoms with Crippen molar-refractivity contribution in [1.29, 1.82) is 0 Å². The van der Waals surface area contributed by atoms with Crippen LogP contribution in [0.1, 0.15) is 24.8 Å². The molecule has 3 fully saturated rings. The van der Waals surface area contributed by atoms with Crippen LogP contribution in [0.3, 0.4) is 0 Å². The highest BCUT2D eigenvalue weighted by atomic mass is 16.6. The van der Waals surface area contributed by atoms with Gasteiger partial charge in [-0.1, -0.05) is 30.3 Å². The molecule has 1 aliphatic carbocycles. The number of ether oxygens (including phenoxy) is 1. The van der Waals surface area contributed by atoms with Crippen molar-refractivity contribution < 1.29 is 19.1 Å². The molecule has 144 valence electrons. The van der Waals surface area contributed by atoms with E-state index in [2.05, 4.69) is 0 Å². The molecule has 1 saturated carbocycles. The van der Waals surface area contributed by atoms with Crippen LogP contribution in [0.15, 0.2) is 30.3 Å². The first-order chi connectivity index (χ1) is 13.1. The number of rotatable bonds is 4. The van der Waals surface area contributed by atoms with Gasteiger partial charge in [0, 0.05) is 45.2 Å². The molecule has 27 heavy (non-hydrogen) atoms. The molecule has 2 saturated heterocycles. The molecule has 2 aliphatic heterocycles. The van der Waals surface area contributed by atoms with Crippen LogP contribution < -0.4 is 0 Å². The number of benzene rings is 1. The van der Waals surface area contributed by atoms with Crippen molar-refractivity contribution in [3.05, 3.63) is 35.9 Å². The highest BCUT2D eigenvalue weighted by Crippen LogP contribution is 2.33. The Hall–Kier alpha value is -2.57. The summed E-state index contributed by atoms with van der Waals surface area (Å²) < 4.78 is 5.36. The van der Waals surface area contributed by atoms with E-state index < -0.39 is 0 Å². The van der Waals surface area contributed by atoms with Crippen LogP contribution in [0, 0.1) is 5.92 Å². The van der Waals surface area contributed by atoms with E-state index in [4.69, 9.17) is 4.74 Å². The molecule has 3 aliphatic rings. The molecule has 2 heterocycles. The van der Waals surface area contributed by atoms with Gasteiger partial charge in [0.2, 0.25) is 11.8 Å². The van der Waals surface area contributed by atoms with Gasteiger partial charge >= 0.3 is 6.09 Å². The Kier molecular flexibility index (Phi) is 5.01. The molecule has 7 nitrogen and oxygen atoms in total. The smallest absolute Gasteiger partial charge is 0.410 e. The average Bonchev–Trinajstić information content (AvgIpc) is 3.48. The predicted molar refractivity (Wildman–Crippen MR) is 97.6 cm³/mol. The maximum Gasteiger partial charge on any atom is 0.410 e. The van der Waals surface area contributed by atoms with Gasteiger partial charge in [0.05, 0.1) is 5.92 Å². The Bertz CT molecular complexity index is 711. The highest BCUT2D eigenvalue weighted by molar-refractivity contribution is 5.89. The third kappa shape index (κ3) is 4.07. The van der Waals surface area contributed by atoms with Gasteiger partial charge in [-0.15, -0.1) is 0 Å². The Morgan fingerprint density at radius 1 is 1.00 bits per heavy atom. The molecule has 0 radical (unpaired) electrons. The van der Waals surface area contributed by atoms with Crippen molar-refractivity contribution in [3.8, 4) is 0 Å². The largest absolute Gasteiger partial charge is 0.445 e. The lowest BCUT2D eigenvalue weighted by Crippen LogP contribution is -2.52. The van der Waals surface area contributed by atoms with Crippen molar-refractivity contribution in [2.45, 2.75) is 31.9 Å². The van der Waals surface area contributed by atoms with Crippen molar-refractivity contribution in [1.82, 2.24) is 14.7 Å². The molecule has 0 spiro atoms. The lowest BCUT2D eigenvalue weighted by molar-refractivity contribution is -0.137. The molecule has 0 N–H and O–H groups in total. The zero-order valence-electron chi connectivity index (χ0n) is 15.4. The Balaban J connectivity index is 1.23. The molecule has 1 aromatic carbocycles. The van der Waals surface area contributed by atoms with Crippen LogP contribution in [0.5, 0.6) is 0 Å². The van der Waals surface area contributed by atoms with E-state index in [1.807, 2.05) is 35.2 Å². The van der Waals surface area contributed by atoms with E-state index in [0.29, 0.717) is 45.2 Å². The van der Waals surface area contributed by atoms with Crippen molar-refractivity contribution in [3.63, 3.8) is 0 Å². The molecule has 7 heteroatoms. The zero-order valence-corrected chi connectivity index (χ0v) is 15.4. The minimum atomic E-state index is -0.345. The van der Waals surface area contributed by atoms with Crippen LogP contribution in [0.4, 0.5) is 4.79 Å². The van der Waals surface area contributed by atoms with Gasteiger partial charge in [0.1, 0.15) is 6.61 Å². The summed E-state index contributed by atoms with van der Waals surface area (Å²) in [5, 5.41) is 0. The number of nitrogens with zero attached hydrogens (tertiary/aromatic N) is 3. The lowest BCUT2D eigenvalue weighted by Gasteiger charge is -2.35. The van der Waals surface area contributed by atoms with E-state index in [1.54, 1.807) is 9.80 Å². The van der Waals surface area contributed by atoms with Crippen molar-refractivity contribution in [2.75, 3.05) is 32.7 Å². The van der Waals surface area contributed by atoms with Crippen LogP contribution in [-0.2, 0) is 20.9 Å². The third-order valence-electron chi connectivity index (χ3n) is 5.55. The molecular weight excluding hydrogens is 346 g/mol. The zero-order chi connectivity index (χ0) is 18.8. The number of hydrogen-bond acceptors (Lipinski definition) is 4. The standard InChI is InChI=1S/C20H25N3O4/c24-18-12-16(13-23(18)17-6-7-17)19(25)21-8-10-22(11-9-21)20(26)27-14-15-4-2-1-3-5-15/h1-5,16-17H,6-14H2. The molecule has 0 aromatic heterocycles. The first kappa shape index (κ1) is 17.8. The summed E-state index contributed by atoms with van der Waals surface area (Å²) in [6.07, 6.45) is 2.11. The highest BCUT2D eigenvalue weighted by Gasteiger charge is 2.43. The number of piperazine rings is 1. The quantitative estimate of drug-likeness (QED) is 0.804. The van der Waals surface area contributed by atoms with E-state index in [-0.39, 0.29) is 30.4 Å². The summed E-state index contributed by atoms with van der Waals surface area (Å²) in [6, 6.07) is 9.93. The molecule has 4 rings (SSSR count). The maximum atomic E-state index is 12.7. The number of amides is 3. The number of likely N-dealkylation sites (tertiary alicyclic amines) is 1. The fraction of sp³-hybridized carbons (Fsp3) is 0.550. The van der Waals surface area contributed by atoms with E-state index in [9.17, 15) is 14.4 Å². The minimum absolute atomic E-state index is 0.0452. The van der Waals surface area contributed by atoms with Gasteiger partial charge in [0.15, 0.2) is 0 Å². The van der Waals surface area contributed by atoms with Crippen LogP contribution in [0.25, 0.3) is 0 Å². The molecular formula is C20H25N3O4. The second kappa shape index (κ2) is 7.58. The Labute approximate surface area is 158 Å². The molecule has 1 unspecified atom stereocenters. The fourth-order valence-corrected chi connectivity index (χ4v) is 3.81. The number of carbonyl (C=O) groups excluding carboxylic acids is 3. The molecule has 0 bridgehead atoms. The van der Waals surface area contributed by atoms with Crippen molar-refractivity contribution >= 4 is 17.9 Å². The minimum Gasteiger partial charge on any atom is -0.445 e. The summed E-state index contributed by atoms with van der Waals surface area (Å²) in [4.78, 5) is 42.3. The third-order valence-corrected chi connectivity index (χ3v) is 5.55. The number of hydrogen-bond donors (Lipinski definition) is 0. The van der Waals surface area contributed by atoms with Gasteiger partial charge in [-0.25, -0.2) is 4.79 Å². The summed E-state index contributed by atoms with van der Waals surface area (Å²) in [6.45, 7) is 2.72. The first-order valence-corrected chi connectivity index (χ1v) is 9.65. The fourth-order valence-electron chi connectivity index (χ4n) is 3.81. The topological polar surface area (TPSA) is 70.2 Å². The summed E-state index contributed by atoms with van der Waals surface area (Å²) in [5.74, 6) is -0.0718. The molecule has 1 aromatic rings. The SMILES string of the molecule is O=C(OCc1ccccc1)N1CCN(C(=O)C2CC(=O)N(C3CC3)C2)CC1. The van der Waals surface area contributed by atoms with Gasteiger partial charge in [-0.05, 0) is 18.4 Å².